The first-order valence-corrected chi connectivity index (χ1v) is 7.84. The Labute approximate surface area is 127 Å². The predicted molar refractivity (Wildman–Crippen MR) is 86.2 cm³/mol. The normalized spacial score (nSPS) is 13.3. The maximum absolute atomic E-state index is 10.9. The number of nitrogens with zero attached hydrogens (tertiary/aromatic N) is 2. The van der Waals surface area contributed by atoms with Crippen LogP contribution in [0.4, 0.5) is 0 Å². The second kappa shape index (κ2) is 6.90. The first kappa shape index (κ1) is 15.8. The number of hydrogen-bond donors (Lipinski definition) is 1. The summed E-state index contributed by atoms with van der Waals surface area (Å²) in [6.07, 6.45) is 4.97. The molecular formula is C18H26N2O. The molecule has 3 nitrogen and oxygen atoms in total. The van der Waals surface area contributed by atoms with Crippen LogP contribution in [0.5, 0.6) is 0 Å². The molecule has 1 unspecified atom stereocenters. The molecule has 1 aromatic heterocycles. The average Bonchev–Trinajstić information content (AvgIpc) is 2.93. The predicted octanol–water partition coefficient (Wildman–Crippen LogP) is 3.47. The average molecular weight is 286 g/mol. The van der Waals surface area contributed by atoms with Crippen molar-refractivity contribution in [2.45, 2.75) is 51.0 Å². The molecule has 0 radical (unpaired) electrons. The summed E-state index contributed by atoms with van der Waals surface area (Å²) in [6.45, 7) is 4.34. The van der Waals surface area contributed by atoms with Crippen molar-refractivity contribution in [3.8, 4) is 0 Å². The molecule has 0 spiro atoms. The molecule has 114 valence electrons. The summed E-state index contributed by atoms with van der Waals surface area (Å²) in [4.78, 5) is 0. The first-order valence-electron chi connectivity index (χ1n) is 7.84. The number of benzene rings is 1. The molecule has 0 amide bonds. The molecule has 0 saturated carbocycles. The lowest BCUT2D eigenvalue weighted by molar-refractivity contribution is 0.0654. The number of aliphatic hydroxyl groups excluding tert-OH is 1. The third-order valence-corrected chi connectivity index (χ3v) is 4.84. The monoisotopic (exact) mass is 286 g/mol. The van der Waals surface area contributed by atoms with E-state index in [1.807, 2.05) is 30.1 Å². The Balaban J connectivity index is 2.16. The van der Waals surface area contributed by atoms with Gasteiger partial charge in [0.1, 0.15) is 0 Å². The Hall–Kier alpha value is -1.61. The summed E-state index contributed by atoms with van der Waals surface area (Å²) in [5.74, 6) is 0. The van der Waals surface area contributed by atoms with E-state index in [2.05, 4.69) is 43.2 Å². The van der Waals surface area contributed by atoms with Crippen molar-refractivity contribution >= 4 is 0 Å². The Bertz CT molecular complexity index is 543. The van der Waals surface area contributed by atoms with Gasteiger partial charge in [0.05, 0.1) is 6.10 Å². The fraction of sp³-hybridized carbons (Fsp3) is 0.500. The van der Waals surface area contributed by atoms with Crippen LogP contribution in [-0.4, -0.2) is 21.0 Å². The van der Waals surface area contributed by atoms with Gasteiger partial charge in [0.25, 0.3) is 0 Å². The van der Waals surface area contributed by atoms with Crippen LogP contribution in [0.25, 0.3) is 0 Å². The molecule has 1 heterocycles. The maximum atomic E-state index is 10.9. The van der Waals surface area contributed by atoms with Crippen molar-refractivity contribution in [1.82, 2.24) is 9.78 Å². The van der Waals surface area contributed by atoms with E-state index >= 15 is 0 Å². The minimum Gasteiger partial charge on any atom is -0.392 e. The molecule has 1 atom stereocenters. The van der Waals surface area contributed by atoms with E-state index in [4.69, 9.17) is 0 Å². The molecular weight excluding hydrogens is 260 g/mol. The molecule has 1 aromatic carbocycles. The molecule has 3 heteroatoms. The lowest BCUT2D eigenvalue weighted by Gasteiger charge is -2.37. The Morgan fingerprint density at radius 3 is 2.33 bits per heavy atom. The van der Waals surface area contributed by atoms with Gasteiger partial charge in [-0.25, -0.2) is 0 Å². The molecule has 1 N–H and O–H groups in total. The number of rotatable bonds is 7. The fourth-order valence-electron chi connectivity index (χ4n) is 3.30. The lowest BCUT2D eigenvalue weighted by atomic mass is 9.70. The van der Waals surface area contributed by atoms with Gasteiger partial charge in [0.2, 0.25) is 0 Å². The van der Waals surface area contributed by atoms with E-state index in [0.29, 0.717) is 0 Å². The molecule has 0 fully saturated rings. The minimum absolute atomic E-state index is 0.153. The fourth-order valence-corrected chi connectivity index (χ4v) is 3.30. The van der Waals surface area contributed by atoms with Gasteiger partial charge < -0.3 is 5.11 Å². The molecule has 0 aliphatic rings. The number of aliphatic hydroxyl groups is 1. The van der Waals surface area contributed by atoms with Crippen molar-refractivity contribution in [3.63, 3.8) is 0 Å². The second-order valence-corrected chi connectivity index (χ2v) is 5.73. The quantitative estimate of drug-likeness (QED) is 0.846. The highest BCUT2D eigenvalue weighted by molar-refractivity contribution is 5.27. The third kappa shape index (κ3) is 3.18. The van der Waals surface area contributed by atoms with Crippen LogP contribution < -0.4 is 0 Å². The summed E-state index contributed by atoms with van der Waals surface area (Å²) in [7, 11) is 1.95. The lowest BCUT2D eigenvalue weighted by Crippen LogP contribution is -2.39. The van der Waals surface area contributed by atoms with Crippen LogP contribution in [0.1, 0.15) is 44.4 Å². The Morgan fingerprint density at radius 2 is 1.81 bits per heavy atom. The van der Waals surface area contributed by atoms with Gasteiger partial charge in [-0.05, 0) is 37.3 Å². The van der Waals surface area contributed by atoms with Crippen LogP contribution >= 0.6 is 0 Å². The molecule has 0 aliphatic heterocycles. The third-order valence-electron chi connectivity index (χ3n) is 4.84. The van der Waals surface area contributed by atoms with Crippen molar-refractivity contribution in [1.29, 1.82) is 0 Å². The smallest absolute Gasteiger partial charge is 0.0640 e. The van der Waals surface area contributed by atoms with Gasteiger partial charge in [-0.15, -0.1) is 0 Å². The van der Waals surface area contributed by atoms with Crippen LogP contribution in [0.3, 0.4) is 0 Å². The van der Waals surface area contributed by atoms with Crippen LogP contribution in [0.2, 0.25) is 0 Å². The van der Waals surface area contributed by atoms with Gasteiger partial charge in [0.15, 0.2) is 0 Å². The number of aromatic nitrogens is 2. The first-order chi connectivity index (χ1) is 10.1. The topological polar surface area (TPSA) is 38.1 Å². The minimum atomic E-state index is -0.343. The molecule has 21 heavy (non-hydrogen) atoms. The van der Waals surface area contributed by atoms with Crippen molar-refractivity contribution in [2.75, 3.05) is 0 Å². The van der Waals surface area contributed by atoms with Gasteiger partial charge in [-0.1, -0.05) is 44.2 Å². The van der Waals surface area contributed by atoms with E-state index in [0.717, 1.165) is 25.7 Å². The van der Waals surface area contributed by atoms with E-state index in [-0.39, 0.29) is 11.5 Å². The maximum Gasteiger partial charge on any atom is 0.0640 e. The van der Waals surface area contributed by atoms with Crippen LogP contribution in [-0.2, 0) is 18.9 Å². The zero-order valence-corrected chi connectivity index (χ0v) is 13.3. The standard InChI is InChI=1S/C18H26N2O/c1-4-18(5-2,15-9-7-6-8-10-15)17(21)12-11-16-13-14-19-20(16)3/h6-10,13-14,17,21H,4-5,11-12H2,1-3H3. The Kier molecular flexibility index (Phi) is 5.18. The highest BCUT2D eigenvalue weighted by Gasteiger charge is 2.35. The van der Waals surface area contributed by atoms with Crippen molar-refractivity contribution in [3.05, 3.63) is 53.9 Å². The molecule has 2 aromatic rings. The van der Waals surface area contributed by atoms with Gasteiger partial charge in [0, 0.05) is 24.4 Å². The van der Waals surface area contributed by atoms with Gasteiger partial charge in [-0.2, -0.15) is 5.10 Å². The van der Waals surface area contributed by atoms with E-state index in [1.54, 1.807) is 0 Å². The zero-order chi connectivity index (χ0) is 15.3. The Morgan fingerprint density at radius 1 is 1.14 bits per heavy atom. The largest absolute Gasteiger partial charge is 0.392 e. The SMILES string of the molecule is CCC(CC)(c1ccccc1)C(O)CCc1ccnn1C. The summed E-state index contributed by atoms with van der Waals surface area (Å²) < 4.78 is 1.88. The van der Waals surface area contributed by atoms with Gasteiger partial charge >= 0.3 is 0 Å². The zero-order valence-electron chi connectivity index (χ0n) is 13.3. The van der Waals surface area contributed by atoms with E-state index in [9.17, 15) is 5.11 Å². The molecule has 0 bridgehead atoms. The molecule has 0 aliphatic carbocycles. The van der Waals surface area contributed by atoms with Crippen molar-refractivity contribution in [2.24, 2.45) is 7.05 Å². The van der Waals surface area contributed by atoms with Crippen molar-refractivity contribution < 1.29 is 5.11 Å². The number of hydrogen-bond acceptors (Lipinski definition) is 2. The van der Waals surface area contributed by atoms with Crippen LogP contribution in [0, 0.1) is 0 Å². The van der Waals surface area contributed by atoms with E-state index in [1.165, 1.54) is 11.3 Å². The summed E-state index contributed by atoms with van der Waals surface area (Å²) >= 11 is 0. The summed E-state index contributed by atoms with van der Waals surface area (Å²) in [6, 6.07) is 12.4. The van der Waals surface area contributed by atoms with E-state index < -0.39 is 0 Å². The second-order valence-electron chi connectivity index (χ2n) is 5.73. The summed E-state index contributed by atoms with van der Waals surface area (Å²) in [5.41, 5.74) is 2.26. The highest BCUT2D eigenvalue weighted by atomic mass is 16.3. The highest BCUT2D eigenvalue weighted by Crippen LogP contribution is 2.37. The van der Waals surface area contributed by atoms with Crippen LogP contribution in [0.15, 0.2) is 42.6 Å². The summed E-state index contributed by atoms with van der Waals surface area (Å²) in [5, 5.41) is 15.1. The molecule has 0 saturated heterocycles. The number of aryl methyl sites for hydroxylation is 2. The molecule has 2 rings (SSSR count). The van der Waals surface area contributed by atoms with Gasteiger partial charge in [-0.3, -0.25) is 4.68 Å².